The Labute approximate surface area is 173 Å². The molecular formula is C25H29NSSi. The summed E-state index contributed by atoms with van der Waals surface area (Å²) in [6.45, 7) is 14.2. The molecular weight excluding hydrogens is 374 g/mol. The van der Waals surface area contributed by atoms with Gasteiger partial charge in [0.1, 0.15) is 0 Å². The summed E-state index contributed by atoms with van der Waals surface area (Å²) in [7, 11) is -1.43. The van der Waals surface area contributed by atoms with Gasteiger partial charge in [-0.15, -0.1) is 11.3 Å². The molecule has 0 bridgehead atoms. The van der Waals surface area contributed by atoms with Crippen molar-refractivity contribution in [1.82, 2.24) is 4.98 Å². The monoisotopic (exact) mass is 403 g/mol. The predicted octanol–water partition coefficient (Wildman–Crippen LogP) is 7.25. The van der Waals surface area contributed by atoms with E-state index in [4.69, 9.17) is 4.98 Å². The standard InChI is InChI=1S/C25H29NSSi/c1-25(2,3)15-18-14-21(26-16-24(18)28(4,5)6)17-11-12-23-20(13-17)19-9-7-8-10-22(19)27-23/h7-14,16H,15H2,1-6H3. The van der Waals surface area contributed by atoms with Crippen LogP contribution in [0.25, 0.3) is 31.4 Å². The van der Waals surface area contributed by atoms with Gasteiger partial charge in [-0.2, -0.15) is 0 Å². The maximum atomic E-state index is 4.92. The third-order valence-electron chi connectivity index (χ3n) is 5.19. The van der Waals surface area contributed by atoms with Crippen LogP contribution in [0, 0.1) is 5.41 Å². The highest BCUT2D eigenvalue weighted by Gasteiger charge is 2.24. The Kier molecular flexibility index (Phi) is 4.71. The normalized spacial score (nSPS) is 12.8. The molecule has 2 aromatic heterocycles. The molecule has 0 saturated carbocycles. The highest BCUT2D eigenvalue weighted by Crippen LogP contribution is 2.36. The molecule has 0 aliphatic carbocycles. The van der Waals surface area contributed by atoms with E-state index in [-0.39, 0.29) is 5.41 Å². The van der Waals surface area contributed by atoms with E-state index in [9.17, 15) is 0 Å². The number of rotatable bonds is 3. The van der Waals surface area contributed by atoms with Crippen molar-refractivity contribution in [1.29, 1.82) is 0 Å². The molecule has 0 aliphatic rings. The van der Waals surface area contributed by atoms with Gasteiger partial charge in [-0.25, -0.2) is 0 Å². The van der Waals surface area contributed by atoms with Gasteiger partial charge >= 0.3 is 0 Å². The van der Waals surface area contributed by atoms with E-state index in [0.717, 1.165) is 12.1 Å². The number of aromatic nitrogens is 1. The van der Waals surface area contributed by atoms with Crippen LogP contribution in [0.2, 0.25) is 19.6 Å². The third-order valence-corrected chi connectivity index (χ3v) is 8.41. The molecule has 0 saturated heterocycles. The molecule has 28 heavy (non-hydrogen) atoms. The molecule has 2 aromatic carbocycles. The Bertz CT molecular complexity index is 1160. The van der Waals surface area contributed by atoms with E-state index in [0.29, 0.717) is 0 Å². The summed E-state index contributed by atoms with van der Waals surface area (Å²) in [4.78, 5) is 4.92. The highest BCUT2D eigenvalue weighted by atomic mass is 32.1. The number of benzene rings is 2. The first-order valence-corrected chi connectivity index (χ1v) is 14.3. The van der Waals surface area contributed by atoms with Crippen LogP contribution < -0.4 is 5.19 Å². The number of hydrogen-bond donors (Lipinski definition) is 0. The fourth-order valence-electron chi connectivity index (χ4n) is 3.93. The SMILES string of the molecule is CC(C)(C)Cc1cc(-c2ccc3sc4ccccc4c3c2)ncc1[Si](C)(C)C. The molecule has 4 rings (SSSR count). The molecule has 0 fully saturated rings. The maximum absolute atomic E-state index is 4.92. The first-order valence-electron chi connectivity index (χ1n) is 10.0. The molecule has 0 atom stereocenters. The summed E-state index contributed by atoms with van der Waals surface area (Å²) >= 11 is 1.87. The highest BCUT2D eigenvalue weighted by molar-refractivity contribution is 7.25. The summed E-state index contributed by atoms with van der Waals surface area (Å²) in [6, 6.07) is 17.9. The minimum absolute atomic E-state index is 0.264. The van der Waals surface area contributed by atoms with E-state index in [1.54, 1.807) is 0 Å². The van der Waals surface area contributed by atoms with Crippen molar-refractivity contribution in [2.24, 2.45) is 5.41 Å². The van der Waals surface area contributed by atoms with Crippen LogP contribution in [0.1, 0.15) is 26.3 Å². The summed E-state index contributed by atoms with van der Waals surface area (Å²) in [5.41, 5.74) is 4.05. The van der Waals surface area contributed by atoms with Crippen molar-refractivity contribution in [3.63, 3.8) is 0 Å². The fraction of sp³-hybridized carbons (Fsp3) is 0.320. The zero-order valence-corrected chi connectivity index (χ0v) is 19.6. The Morgan fingerprint density at radius 2 is 1.61 bits per heavy atom. The molecule has 0 radical (unpaired) electrons. The molecule has 0 spiro atoms. The molecule has 0 N–H and O–H groups in total. The minimum Gasteiger partial charge on any atom is -0.256 e. The molecule has 1 nitrogen and oxygen atoms in total. The zero-order valence-electron chi connectivity index (χ0n) is 17.8. The summed E-state index contributed by atoms with van der Waals surface area (Å²) in [5.74, 6) is 0. The van der Waals surface area contributed by atoms with Crippen LogP contribution in [0.3, 0.4) is 0 Å². The molecule has 144 valence electrons. The quantitative estimate of drug-likeness (QED) is 0.328. The summed E-state index contributed by atoms with van der Waals surface area (Å²) < 4.78 is 2.70. The average Bonchev–Trinajstić information content (AvgIpc) is 2.97. The van der Waals surface area contributed by atoms with Gasteiger partial charge < -0.3 is 0 Å². The lowest BCUT2D eigenvalue weighted by Gasteiger charge is -2.26. The van der Waals surface area contributed by atoms with E-state index < -0.39 is 8.07 Å². The van der Waals surface area contributed by atoms with E-state index in [1.807, 2.05) is 11.3 Å². The predicted molar refractivity (Wildman–Crippen MR) is 129 cm³/mol. The second-order valence-electron chi connectivity index (χ2n) is 10.0. The Balaban J connectivity index is 1.86. The van der Waals surface area contributed by atoms with E-state index in [1.165, 1.54) is 36.5 Å². The first kappa shape index (κ1) is 19.3. The van der Waals surface area contributed by atoms with Gasteiger partial charge in [-0.1, -0.05) is 64.7 Å². The summed E-state index contributed by atoms with van der Waals surface area (Å²) in [5, 5.41) is 4.18. The van der Waals surface area contributed by atoms with Gasteiger partial charge in [0.05, 0.1) is 13.8 Å². The topological polar surface area (TPSA) is 12.9 Å². The van der Waals surface area contributed by atoms with Crippen molar-refractivity contribution < 1.29 is 0 Å². The largest absolute Gasteiger partial charge is 0.256 e. The van der Waals surface area contributed by atoms with Crippen LogP contribution in [-0.4, -0.2) is 13.1 Å². The van der Waals surface area contributed by atoms with Gasteiger partial charge in [0.15, 0.2) is 0 Å². The average molecular weight is 404 g/mol. The lowest BCUT2D eigenvalue weighted by molar-refractivity contribution is 0.412. The second kappa shape index (κ2) is 6.82. The second-order valence-corrected chi connectivity index (χ2v) is 16.1. The molecule has 0 amide bonds. The van der Waals surface area contributed by atoms with Crippen molar-refractivity contribution >= 4 is 44.8 Å². The van der Waals surface area contributed by atoms with Crippen LogP contribution in [0.15, 0.2) is 54.7 Å². The van der Waals surface area contributed by atoms with Gasteiger partial charge in [-0.05, 0) is 46.9 Å². The van der Waals surface area contributed by atoms with Gasteiger partial charge in [0.2, 0.25) is 0 Å². The van der Waals surface area contributed by atoms with E-state index >= 15 is 0 Å². The number of nitrogens with zero attached hydrogens (tertiary/aromatic N) is 1. The molecule has 0 aliphatic heterocycles. The van der Waals surface area contributed by atoms with Gasteiger partial charge in [-0.3, -0.25) is 4.98 Å². The Morgan fingerprint density at radius 3 is 2.32 bits per heavy atom. The van der Waals surface area contributed by atoms with Crippen LogP contribution in [0.4, 0.5) is 0 Å². The molecule has 3 heteroatoms. The Morgan fingerprint density at radius 1 is 0.893 bits per heavy atom. The molecule has 0 unspecified atom stereocenters. The van der Waals surface area contributed by atoms with Crippen LogP contribution >= 0.6 is 11.3 Å². The lowest BCUT2D eigenvalue weighted by atomic mass is 9.88. The van der Waals surface area contributed by atoms with Crippen molar-refractivity contribution in [2.45, 2.75) is 46.8 Å². The Hall–Kier alpha value is -1.97. The number of pyridine rings is 1. The van der Waals surface area contributed by atoms with Crippen molar-refractivity contribution in [3.05, 3.63) is 60.3 Å². The zero-order chi connectivity index (χ0) is 20.1. The van der Waals surface area contributed by atoms with Gasteiger partial charge in [0, 0.05) is 31.9 Å². The van der Waals surface area contributed by atoms with E-state index in [2.05, 4.69) is 95.1 Å². The third kappa shape index (κ3) is 3.78. The number of hydrogen-bond acceptors (Lipinski definition) is 2. The van der Waals surface area contributed by atoms with Gasteiger partial charge in [0.25, 0.3) is 0 Å². The molecule has 4 aromatic rings. The lowest BCUT2D eigenvalue weighted by Crippen LogP contribution is -2.41. The number of thiophene rings is 1. The fourth-order valence-corrected chi connectivity index (χ4v) is 6.60. The minimum atomic E-state index is -1.43. The first-order chi connectivity index (χ1) is 13.1. The maximum Gasteiger partial charge on any atom is 0.0799 e. The van der Waals surface area contributed by atoms with Crippen LogP contribution in [-0.2, 0) is 6.42 Å². The summed E-state index contributed by atoms with van der Waals surface area (Å²) in [6.07, 6.45) is 3.25. The smallest absolute Gasteiger partial charge is 0.0799 e. The van der Waals surface area contributed by atoms with Crippen molar-refractivity contribution in [3.8, 4) is 11.3 Å². The molecule has 2 heterocycles. The number of fused-ring (bicyclic) bond motifs is 3. The van der Waals surface area contributed by atoms with Crippen LogP contribution in [0.5, 0.6) is 0 Å². The van der Waals surface area contributed by atoms with Crippen molar-refractivity contribution in [2.75, 3.05) is 0 Å².